The Kier molecular flexibility index (Phi) is 3.93. The zero-order valence-electron chi connectivity index (χ0n) is 10.2. The summed E-state index contributed by atoms with van der Waals surface area (Å²) in [7, 11) is 0. The van der Waals surface area contributed by atoms with E-state index >= 15 is 0 Å². The van der Waals surface area contributed by atoms with Gasteiger partial charge in [-0.3, -0.25) is 0 Å². The van der Waals surface area contributed by atoms with Gasteiger partial charge in [-0.2, -0.15) is 26.3 Å². The van der Waals surface area contributed by atoms with E-state index in [-0.39, 0.29) is 17.2 Å². The van der Waals surface area contributed by atoms with Crippen LogP contribution >= 0.6 is 11.6 Å². The third kappa shape index (κ3) is 3.69. The Balaban J connectivity index is 2.63. The number of hydrogen-bond donors (Lipinski definition) is 0. The highest BCUT2D eigenvalue weighted by Gasteiger charge is 2.36. The fourth-order valence-corrected chi connectivity index (χ4v) is 1.89. The first-order valence-corrected chi connectivity index (χ1v) is 6.00. The van der Waals surface area contributed by atoms with Crippen LogP contribution in [0.1, 0.15) is 11.1 Å². The first-order valence-electron chi connectivity index (χ1n) is 5.63. The summed E-state index contributed by atoms with van der Waals surface area (Å²) < 4.78 is 76.4. The topological polar surface area (TPSA) is 0 Å². The van der Waals surface area contributed by atoms with Crippen molar-refractivity contribution in [2.45, 2.75) is 12.4 Å². The van der Waals surface area contributed by atoms with E-state index in [4.69, 9.17) is 11.6 Å². The molecule has 0 aliphatic heterocycles. The lowest BCUT2D eigenvalue weighted by molar-refractivity contribution is -0.143. The lowest BCUT2D eigenvalue weighted by Gasteiger charge is -2.14. The Morgan fingerprint density at radius 1 is 0.619 bits per heavy atom. The highest BCUT2D eigenvalue weighted by molar-refractivity contribution is 6.30. The van der Waals surface area contributed by atoms with E-state index in [0.717, 1.165) is 0 Å². The lowest BCUT2D eigenvalue weighted by Crippen LogP contribution is -2.11. The van der Waals surface area contributed by atoms with Crippen LogP contribution in [0.2, 0.25) is 5.02 Å². The van der Waals surface area contributed by atoms with E-state index in [1.165, 1.54) is 24.3 Å². The van der Waals surface area contributed by atoms with Crippen molar-refractivity contribution in [2.24, 2.45) is 0 Å². The van der Waals surface area contributed by atoms with Gasteiger partial charge in [-0.1, -0.05) is 23.7 Å². The van der Waals surface area contributed by atoms with Gasteiger partial charge in [0.15, 0.2) is 0 Å². The van der Waals surface area contributed by atoms with Crippen molar-refractivity contribution in [1.29, 1.82) is 0 Å². The third-order valence-electron chi connectivity index (χ3n) is 2.77. The van der Waals surface area contributed by atoms with Crippen LogP contribution in [0.15, 0.2) is 42.5 Å². The van der Waals surface area contributed by atoms with Gasteiger partial charge in [-0.15, -0.1) is 0 Å². The predicted molar refractivity (Wildman–Crippen MR) is 66.9 cm³/mol. The van der Waals surface area contributed by atoms with E-state index in [1.807, 2.05) is 0 Å². The molecular weight excluding hydrogens is 318 g/mol. The molecular formula is C14H7ClF6. The summed E-state index contributed by atoms with van der Waals surface area (Å²) in [5.41, 5.74) is -2.64. The minimum Gasteiger partial charge on any atom is -0.166 e. The summed E-state index contributed by atoms with van der Waals surface area (Å²) in [6.07, 6.45) is -9.72. The molecule has 0 amide bonds. The molecule has 0 radical (unpaired) electrons. The molecule has 2 aromatic carbocycles. The van der Waals surface area contributed by atoms with Gasteiger partial charge in [0, 0.05) is 5.02 Å². The fourth-order valence-electron chi connectivity index (χ4n) is 1.76. The van der Waals surface area contributed by atoms with Crippen LogP contribution in [0.25, 0.3) is 11.1 Å². The molecule has 0 spiro atoms. The first kappa shape index (κ1) is 15.7. The zero-order valence-corrected chi connectivity index (χ0v) is 10.9. The van der Waals surface area contributed by atoms with Crippen LogP contribution in [0.4, 0.5) is 26.3 Å². The number of rotatable bonds is 1. The maximum Gasteiger partial charge on any atom is 0.416 e. The molecule has 0 saturated carbocycles. The summed E-state index contributed by atoms with van der Waals surface area (Å²) in [6.45, 7) is 0. The second-order valence-electron chi connectivity index (χ2n) is 4.30. The number of hydrogen-bond acceptors (Lipinski definition) is 0. The van der Waals surface area contributed by atoms with E-state index in [0.29, 0.717) is 17.2 Å². The molecule has 0 unspecified atom stereocenters. The van der Waals surface area contributed by atoms with Crippen LogP contribution < -0.4 is 0 Å². The summed E-state index contributed by atoms with van der Waals surface area (Å²) >= 11 is 5.65. The minimum atomic E-state index is -4.86. The second kappa shape index (κ2) is 5.26. The minimum absolute atomic E-state index is 0.0966. The van der Waals surface area contributed by atoms with Crippen molar-refractivity contribution in [2.75, 3.05) is 0 Å². The highest BCUT2D eigenvalue weighted by Crippen LogP contribution is 2.38. The van der Waals surface area contributed by atoms with Crippen LogP contribution in [0, 0.1) is 0 Å². The summed E-state index contributed by atoms with van der Waals surface area (Å²) in [5.74, 6) is 0. The summed E-state index contributed by atoms with van der Waals surface area (Å²) in [4.78, 5) is 0. The molecule has 0 N–H and O–H groups in total. The van der Waals surface area contributed by atoms with Crippen LogP contribution in [-0.4, -0.2) is 0 Å². The number of alkyl halides is 6. The largest absolute Gasteiger partial charge is 0.416 e. The monoisotopic (exact) mass is 324 g/mol. The van der Waals surface area contributed by atoms with E-state index in [9.17, 15) is 26.3 Å². The van der Waals surface area contributed by atoms with Gasteiger partial charge < -0.3 is 0 Å². The molecule has 7 heteroatoms. The van der Waals surface area contributed by atoms with Crippen LogP contribution in [0.3, 0.4) is 0 Å². The van der Waals surface area contributed by atoms with Crippen molar-refractivity contribution < 1.29 is 26.3 Å². The standard InChI is InChI=1S/C14H7ClF6/c15-12-3-1-8(2-4-12)9-5-10(13(16,17)18)7-11(6-9)14(19,20)21/h1-7H. The second-order valence-corrected chi connectivity index (χ2v) is 4.74. The Morgan fingerprint density at radius 2 is 1.05 bits per heavy atom. The molecule has 0 bridgehead atoms. The van der Waals surface area contributed by atoms with Gasteiger partial charge in [-0.25, -0.2) is 0 Å². The fraction of sp³-hybridized carbons (Fsp3) is 0.143. The van der Waals surface area contributed by atoms with Crippen molar-refractivity contribution in [3.05, 3.63) is 58.6 Å². The molecule has 0 aliphatic carbocycles. The van der Waals surface area contributed by atoms with Crippen molar-refractivity contribution in [3.8, 4) is 11.1 Å². The lowest BCUT2D eigenvalue weighted by atomic mass is 9.99. The molecule has 0 aromatic heterocycles. The molecule has 21 heavy (non-hydrogen) atoms. The van der Waals surface area contributed by atoms with Gasteiger partial charge in [0.2, 0.25) is 0 Å². The van der Waals surface area contributed by atoms with Crippen LogP contribution in [-0.2, 0) is 12.4 Å². The van der Waals surface area contributed by atoms with Crippen molar-refractivity contribution in [3.63, 3.8) is 0 Å². The van der Waals surface area contributed by atoms with E-state index in [2.05, 4.69) is 0 Å². The van der Waals surface area contributed by atoms with Crippen LogP contribution in [0.5, 0.6) is 0 Å². The molecule has 2 aromatic rings. The van der Waals surface area contributed by atoms with E-state index in [1.54, 1.807) is 0 Å². The van der Waals surface area contributed by atoms with Gasteiger partial charge >= 0.3 is 12.4 Å². The maximum atomic E-state index is 12.7. The smallest absolute Gasteiger partial charge is 0.166 e. The molecule has 0 aliphatic rings. The summed E-state index contributed by atoms with van der Waals surface area (Å²) in [6, 6.07) is 6.96. The van der Waals surface area contributed by atoms with Gasteiger partial charge in [0.1, 0.15) is 0 Å². The zero-order chi connectivity index (χ0) is 15.8. The highest BCUT2D eigenvalue weighted by atomic mass is 35.5. The maximum absolute atomic E-state index is 12.7. The molecule has 0 heterocycles. The summed E-state index contributed by atoms with van der Waals surface area (Å²) in [5, 5.41) is 0.335. The Hall–Kier alpha value is -1.69. The first-order chi connectivity index (χ1) is 9.57. The molecule has 0 nitrogen and oxygen atoms in total. The third-order valence-corrected chi connectivity index (χ3v) is 3.02. The quantitative estimate of drug-likeness (QED) is 0.561. The normalized spacial score (nSPS) is 12.5. The van der Waals surface area contributed by atoms with E-state index < -0.39 is 23.5 Å². The van der Waals surface area contributed by atoms with Gasteiger partial charge in [0.25, 0.3) is 0 Å². The molecule has 0 fully saturated rings. The SMILES string of the molecule is FC(F)(F)c1cc(-c2ccc(Cl)cc2)cc(C(F)(F)F)c1. The molecule has 0 atom stereocenters. The Morgan fingerprint density at radius 3 is 1.43 bits per heavy atom. The predicted octanol–water partition coefficient (Wildman–Crippen LogP) is 6.04. The number of benzene rings is 2. The Labute approximate surface area is 121 Å². The molecule has 0 saturated heterocycles. The molecule has 2 rings (SSSR count). The van der Waals surface area contributed by atoms with Crippen molar-refractivity contribution in [1.82, 2.24) is 0 Å². The van der Waals surface area contributed by atoms with Crippen molar-refractivity contribution >= 4 is 11.6 Å². The average molecular weight is 325 g/mol. The molecule has 112 valence electrons. The number of halogens is 7. The van der Waals surface area contributed by atoms with Gasteiger partial charge in [-0.05, 0) is 41.5 Å². The van der Waals surface area contributed by atoms with Gasteiger partial charge in [0.05, 0.1) is 11.1 Å². The Bertz CT molecular complexity index is 608. The average Bonchev–Trinajstić information content (AvgIpc) is 2.37.